The smallest absolute Gasteiger partial charge is 0.387 e. The standard InChI is InChI=1S/C13H14F3NO/c1-8(2)11-7-12(18-17-11)9-3-5-10(6-4-9)13(14,15)16/h3-6,8,12H,7H2,1-2H3. The van der Waals surface area contributed by atoms with Crippen LogP contribution in [0.3, 0.4) is 0 Å². The third-order valence-corrected chi connectivity index (χ3v) is 2.97. The molecule has 2 rings (SSSR count). The molecule has 0 saturated carbocycles. The van der Waals surface area contributed by atoms with E-state index in [1.165, 1.54) is 12.1 Å². The van der Waals surface area contributed by atoms with Gasteiger partial charge in [-0.15, -0.1) is 0 Å². The highest BCUT2D eigenvalue weighted by Crippen LogP contribution is 2.33. The molecular formula is C13H14F3NO. The molecule has 1 atom stereocenters. The molecule has 1 aromatic carbocycles. The monoisotopic (exact) mass is 257 g/mol. The molecule has 98 valence electrons. The van der Waals surface area contributed by atoms with Gasteiger partial charge in [0.2, 0.25) is 0 Å². The Morgan fingerprint density at radius 1 is 1.22 bits per heavy atom. The van der Waals surface area contributed by atoms with Crippen LogP contribution in [0.15, 0.2) is 29.4 Å². The molecule has 0 saturated heterocycles. The molecule has 18 heavy (non-hydrogen) atoms. The van der Waals surface area contributed by atoms with Crippen LogP contribution >= 0.6 is 0 Å². The Bertz CT molecular complexity index is 448. The summed E-state index contributed by atoms with van der Waals surface area (Å²) in [5, 5.41) is 3.96. The maximum atomic E-state index is 12.4. The maximum absolute atomic E-state index is 12.4. The van der Waals surface area contributed by atoms with Crippen molar-refractivity contribution in [3.8, 4) is 0 Å². The zero-order chi connectivity index (χ0) is 13.3. The number of halogens is 3. The fourth-order valence-electron chi connectivity index (χ4n) is 1.80. The van der Waals surface area contributed by atoms with Crippen LogP contribution in [0.1, 0.15) is 37.5 Å². The van der Waals surface area contributed by atoms with E-state index in [4.69, 9.17) is 4.84 Å². The number of rotatable bonds is 2. The third-order valence-electron chi connectivity index (χ3n) is 2.97. The van der Waals surface area contributed by atoms with Gasteiger partial charge in [0.1, 0.15) is 0 Å². The predicted molar refractivity (Wildman–Crippen MR) is 62.2 cm³/mol. The van der Waals surface area contributed by atoms with Gasteiger partial charge in [-0.3, -0.25) is 0 Å². The molecule has 1 heterocycles. The first-order valence-electron chi connectivity index (χ1n) is 5.77. The Hall–Kier alpha value is -1.52. The Kier molecular flexibility index (Phi) is 3.32. The van der Waals surface area contributed by atoms with E-state index in [-0.39, 0.29) is 6.10 Å². The first kappa shape index (κ1) is 12.9. The van der Waals surface area contributed by atoms with Crippen molar-refractivity contribution in [2.45, 2.75) is 32.5 Å². The molecule has 0 radical (unpaired) electrons. The number of benzene rings is 1. The minimum Gasteiger partial charge on any atom is -0.387 e. The number of hydrogen-bond acceptors (Lipinski definition) is 2. The molecule has 0 fully saturated rings. The lowest BCUT2D eigenvalue weighted by Crippen LogP contribution is -2.07. The van der Waals surface area contributed by atoms with Gasteiger partial charge in [-0.25, -0.2) is 0 Å². The molecule has 0 amide bonds. The van der Waals surface area contributed by atoms with Crippen molar-refractivity contribution in [3.63, 3.8) is 0 Å². The van der Waals surface area contributed by atoms with Gasteiger partial charge in [-0.2, -0.15) is 13.2 Å². The highest BCUT2D eigenvalue weighted by molar-refractivity contribution is 5.87. The maximum Gasteiger partial charge on any atom is 0.416 e. The second-order valence-electron chi connectivity index (χ2n) is 4.66. The van der Waals surface area contributed by atoms with Gasteiger partial charge in [0, 0.05) is 6.42 Å². The lowest BCUT2D eigenvalue weighted by molar-refractivity contribution is -0.137. The summed E-state index contributed by atoms with van der Waals surface area (Å²) in [6, 6.07) is 5.05. The van der Waals surface area contributed by atoms with Crippen LogP contribution in [-0.2, 0) is 11.0 Å². The zero-order valence-electron chi connectivity index (χ0n) is 10.2. The first-order valence-corrected chi connectivity index (χ1v) is 5.77. The zero-order valence-corrected chi connectivity index (χ0v) is 10.2. The van der Waals surface area contributed by atoms with Crippen LogP contribution in [0, 0.1) is 5.92 Å². The Balaban J connectivity index is 2.09. The van der Waals surface area contributed by atoms with Crippen molar-refractivity contribution in [3.05, 3.63) is 35.4 Å². The average molecular weight is 257 g/mol. The van der Waals surface area contributed by atoms with Crippen molar-refractivity contribution < 1.29 is 18.0 Å². The molecule has 0 aliphatic carbocycles. The van der Waals surface area contributed by atoms with Crippen LogP contribution < -0.4 is 0 Å². The summed E-state index contributed by atoms with van der Waals surface area (Å²) >= 11 is 0. The summed E-state index contributed by atoms with van der Waals surface area (Å²) in [5.74, 6) is 0.296. The molecule has 1 aliphatic rings. The number of alkyl halides is 3. The van der Waals surface area contributed by atoms with Gasteiger partial charge < -0.3 is 4.84 Å². The van der Waals surface area contributed by atoms with Crippen molar-refractivity contribution in [1.82, 2.24) is 0 Å². The minimum atomic E-state index is -4.30. The van der Waals surface area contributed by atoms with Crippen molar-refractivity contribution >= 4 is 5.71 Å². The largest absolute Gasteiger partial charge is 0.416 e. The molecule has 1 unspecified atom stereocenters. The van der Waals surface area contributed by atoms with Gasteiger partial charge >= 0.3 is 6.18 Å². The van der Waals surface area contributed by atoms with Gasteiger partial charge in [-0.1, -0.05) is 31.1 Å². The average Bonchev–Trinajstić information content (AvgIpc) is 2.77. The van der Waals surface area contributed by atoms with Crippen molar-refractivity contribution in [2.24, 2.45) is 11.1 Å². The Morgan fingerprint density at radius 3 is 2.28 bits per heavy atom. The molecule has 0 spiro atoms. The number of nitrogens with zero attached hydrogens (tertiary/aromatic N) is 1. The Morgan fingerprint density at radius 2 is 1.83 bits per heavy atom. The van der Waals surface area contributed by atoms with Crippen LogP contribution in [-0.4, -0.2) is 5.71 Å². The molecule has 5 heteroatoms. The van der Waals surface area contributed by atoms with Crippen LogP contribution in [0.2, 0.25) is 0 Å². The van der Waals surface area contributed by atoms with E-state index in [1.807, 2.05) is 13.8 Å². The quantitative estimate of drug-likeness (QED) is 0.778. The van der Waals surface area contributed by atoms with E-state index in [0.29, 0.717) is 12.3 Å². The second kappa shape index (κ2) is 4.63. The summed E-state index contributed by atoms with van der Waals surface area (Å²) in [6.45, 7) is 4.02. The molecule has 1 aromatic rings. The van der Waals surface area contributed by atoms with Crippen LogP contribution in [0.5, 0.6) is 0 Å². The van der Waals surface area contributed by atoms with E-state index in [0.717, 1.165) is 23.4 Å². The first-order chi connectivity index (χ1) is 8.38. The van der Waals surface area contributed by atoms with Crippen molar-refractivity contribution in [2.75, 3.05) is 0 Å². The van der Waals surface area contributed by atoms with E-state index in [1.54, 1.807) is 0 Å². The fraction of sp³-hybridized carbons (Fsp3) is 0.462. The lowest BCUT2D eigenvalue weighted by Gasteiger charge is -2.11. The topological polar surface area (TPSA) is 21.6 Å². The summed E-state index contributed by atoms with van der Waals surface area (Å²) in [5.41, 5.74) is 1.02. The van der Waals surface area contributed by atoms with Crippen LogP contribution in [0.4, 0.5) is 13.2 Å². The van der Waals surface area contributed by atoms with Gasteiger partial charge in [-0.05, 0) is 23.6 Å². The molecular weight excluding hydrogens is 243 g/mol. The van der Waals surface area contributed by atoms with Gasteiger partial charge in [0.05, 0.1) is 11.3 Å². The van der Waals surface area contributed by atoms with Gasteiger partial charge in [0.25, 0.3) is 0 Å². The predicted octanol–water partition coefficient (Wildman–Crippen LogP) is 4.18. The summed E-state index contributed by atoms with van der Waals surface area (Å²) < 4.78 is 37.2. The van der Waals surface area contributed by atoms with Crippen LogP contribution in [0.25, 0.3) is 0 Å². The SMILES string of the molecule is CC(C)C1=NOC(c2ccc(C(F)(F)F)cc2)C1. The molecule has 2 nitrogen and oxygen atoms in total. The van der Waals surface area contributed by atoms with Gasteiger partial charge in [0.15, 0.2) is 6.10 Å². The normalized spacial score (nSPS) is 19.9. The molecule has 0 aromatic heterocycles. The third kappa shape index (κ3) is 2.66. The van der Waals surface area contributed by atoms with Crippen molar-refractivity contribution in [1.29, 1.82) is 0 Å². The fourth-order valence-corrected chi connectivity index (χ4v) is 1.80. The number of oxime groups is 1. The molecule has 1 aliphatic heterocycles. The minimum absolute atomic E-state index is 0.260. The van der Waals surface area contributed by atoms with E-state index in [9.17, 15) is 13.2 Å². The van der Waals surface area contributed by atoms with E-state index >= 15 is 0 Å². The highest BCUT2D eigenvalue weighted by atomic mass is 19.4. The van der Waals surface area contributed by atoms with E-state index < -0.39 is 11.7 Å². The molecule has 0 bridgehead atoms. The highest BCUT2D eigenvalue weighted by Gasteiger charge is 2.31. The molecule has 0 N–H and O–H groups in total. The number of hydrogen-bond donors (Lipinski definition) is 0. The summed E-state index contributed by atoms with van der Waals surface area (Å²) in [4.78, 5) is 5.25. The second-order valence-corrected chi connectivity index (χ2v) is 4.66. The summed E-state index contributed by atoms with van der Waals surface area (Å²) in [7, 11) is 0. The lowest BCUT2D eigenvalue weighted by atomic mass is 9.98. The Labute approximate surface area is 103 Å². The van der Waals surface area contributed by atoms with E-state index in [2.05, 4.69) is 5.16 Å². The summed E-state index contributed by atoms with van der Waals surface area (Å²) in [6.07, 6.45) is -3.91.